The lowest BCUT2D eigenvalue weighted by Crippen LogP contribution is -2.35. The van der Waals surface area contributed by atoms with Crippen molar-refractivity contribution < 1.29 is 10.0 Å². The first-order valence-corrected chi connectivity index (χ1v) is 3.87. The standard InChI is InChI=1S/C8H17NO2/c1-6(2)5-8(7(3)10)9(4)11/h6,8,11H,5H2,1-4H3/t8-/m1/s1. The van der Waals surface area contributed by atoms with Crippen molar-refractivity contribution >= 4 is 5.78 Å². The molecule has 0 amide bonds. The van der Waals surface area contributed by atoms with Crippen molar-refractivity contribution in [3.8, 4) is 0 Å². The zero-order valence-corrected chi connectivity index (χ0v) is 7.66. The van der Waals surface area contributed by atoms with Crippen LogP contribution in [0.5, 0.6) is 0 Å². The molecule has 0 aliphatic rings. The van der Waals surface area contributed by atoms with Gasteiger partial charge in [-0.3, -0.25) is 4.79 Å². The predicted molar refractivity (Wildman–Crippen MR) is 43.5 cm³/mol. The second kappa shape index (κ2) is 4.46. The van der Waals surface area contributed by atoms with E-state index >= 15 is 0 Å². The Morgan fingerprint density at radius 3 is 2.09 bits per heavy atom. The van der Waals surface area contributed by atoms with Crippen molar-refractivity contribution in [1.29, 1.82) is 0 Å². The minimum Gasteiger partial charge on any atom is -0.314 e. The van der Waals surface area contributed by atoms with Gasteiger partial charge >= 0.3 is 0 Å². The van der Waals surface area contributed by atoms with E-state index < -0.39 is 0 Å². The van der Waals surface area contributed by atoms with Crippen LogP contribution in [0.2, 0.25) is 0 Å². The van der Waals surface area contributed by atoms with Crippen LogP contribution in [0.4, 0.5) is 0 Å². The Labute approximate surface area is 68.0 Å². The zero-order chi connectivity index (χ0) is 9.02. The Bertz CT molecular complexity index is 132. The second-order valence-electron chi connectivity index (χ2n) is 3.33. The first-order chi connectivity index (χ1) is 4.95. The Morgan fingerprint density at radius 1 is 1.55 bits per heavy atom. The predicted octanol–water partition coefficient (Wildman–Crippen LogP) is 1.31. The number of hydrogen-bond acceptors (Lipinski definition) is 3. The number of nitrogens with zero attached hydrogens (tertiary/aromatic N) is 1. The zero-order valence-electron chi connectivity index (χ0n) is 7.66. The average molecular weight is 159 g/mol. The molecule has 0 fully saturated rings. The number of ketones is 1. The highest BCUT2D eigenvalue weighted by atomic mass is 16.5. The van der Waals surface area contributed by atoms with Gasteiger partial charge in [-0.1, -0.05) is 13.8 Å². The van der Waals surface area contributed by atoms with Crippen molar-refractivity contribution in [2.45, 2.75) is 33.2 Å². The molecule has 0 aliphatic heterocycles. The van der Waals surface area contributed by atoms with Gasteiger partial charge in [-0.25, -0.2) is 0 Å². The van der Waals surface area contributed by atoms with E-state index in [-0.39, 0.29) is 11.8 Å². The van der Waals surface area contributed by atoms with Gasteiger partial charge in [0.1, 0.15) is 5.78 Å². The van der Waals surface area contributed by atoms with Gasteiger partial charge in [0.15, 0.2) is 0 Å². The molecule has 0 radical (unpaired) electrons. The summed E-state index contributed by atoms with van der Waals surface area (Å²) in [4.78, 5) is 10.9. The number of carbonyl (C=O) groups excluding carboxylic acids is 1. The van der Waals surface area contributed by atoms with Gasteiger partial charge in [0, 0.05) is 7.05 Å². The minimum absolute atomic E-state index is 0.0173. The summed E-state index contributed by atoms with van der Waals surface area (Å²) in [5, 5.41) is 10.0. The van der Waals surface area contributed by atoms with Crippen LogP contribution in [0.15, 0.2) is 0 Å². The third-order valence-electron chi connectivity index (χ3n) is 1.61. The van der Waals surface area contributed by atoms with E-state index in [1.54, 1.807) is 0 Å². The monoisotopic (exact) mass is 159 g/mol. The van der Waals surface area contributed by atoms with Crippen LogP contribution in [-0.4, -0.2) is 29.1 Å². The molecule has 0 unspecified atom stereocenters. The number of hydrogen-bond donors (Lipinski definition) is 1. The van der Waals surface area contributed by atoms with E-state index in [0.29, 0.717) is 12.3 Å². The number of likely N-dealkylation sites (N-methyl/N-ethyl adjacent to an activating group) is 1. The van der Waals surface area contributed by atoms with Crippen LogP contribution >= 0.6 is 0 Å². The molecule has 3 nitrogen and oxygen atoms in total. The molecule has 0 aromatic rings. The van der Waals surface area contributed by atoms with Crippen LogP contribution in [0, 0.1) is 5.92 Å². The fourth-order valence-electron chi connectivity index (χ4n) is 1.03. The molecular weight excluding hydrogens is 142 g/mol. The van der Waals surface area contributed by atoms with Gasteiger partial charge in [-0.15, -0.1) is 0 Å². The molecule has 11 heavy (non-hydrogen) atoms. The van der Waals surface area contributed by atoms with Crippen LogP contribution < -0.4 is 0 Å². The first-order valence-electron chi connectivity index (χ1n) is 3.87. The van der Waals surface area contributed by atoms with Gasteiger partial charge < -0.3 is 5.21 Å². The normalized spacial score (nSPS) is 14.1. The molecule has 3 heteroatoms. The summed E-state index contributed by atoms with van der Waals surface area (Å²) in [7, 11) is 1.51. The molecule has 0 saturated carbocycles. The van der Waals surface area contributed by atoms with E-state index in [9.17, 15) is 4.79 Å². The van der Waals surface area contributed by atoms with E-state index in [4.69, 9.17) is 5.21 Å². The lowest BCUT2D eigenvalue weighted by molar-refractivity contribution is -0.144. The highest BCUT2D eigenvalue weighted by molar-refractivity contribution is 5.81. The van der Waals surface area contributed by atoms with E-state index in [1.165, 1.54) is 14.0 Å². The van der Waals surface area contributed by atoms with Gasteiger partial charge in [0.2, 0.25) is 0 Å². The van der Waals surface area contributed by atoms with E-state index in [2.05, 4.69) is 0 Å². The van der Waals surface area contributed by atoms with Gasteiger partial charge in [0.25, 0.3) is 0 Å². The molecule has 66 valence electrons. The average Bonchev–Trinajstić information content (AvgIpc) is 1.81. The fourth-order valence-corrected chi connectivity index (χ4v) is 1.03. The summed E-state index contributed by atoms with van der Waals surface area (Å²) in [6.07, 6.45) is 0.711. The maximum Gasteiger partial charge on any atom is 0.149 e. The summed E-state index contributed by atoms with van der Waals surface area (Å²) < 4.78 is 0. The van der Waals surface area contributed by atoms with Crippen molar-refractivity contribution in [2.75, 3.05) is 7.05 Å². The molecule has 1 atom stereocenters. The van der Waals surface area contributed by atoms with Crippen LogP contribution in [0.3, 0.4) is 0 Å². The number of carbonyl (C=O) groups is 1. The SMILES string of the molecule is CC(=O)[C@@H](CC(C)C)N(C)O. The molecule has 0 saturated heterocycles. The lowest BCUT2D eigenvalue weighted by Gasteiger charge is -2.21. The summed E-state index contributed by atoms with van der Waals surface area (Å²) in [5.41, 5.74) is 0. The number of hydroxylamine groups is 2. The third-order valence-corrected chi connectivity index (χ3v) is 1.61. The van der Waals surface area contributed by atoms with Crippen molar-refractivity contribution in [3.63, 3.8) is 0 Å². The summed E-state index contributed by atoms with van der Waals surface area (Å²) in [6.45, 7) is 5.55. The van der Waals surface area contributed by atoms with Crippen LogP contribution in [-0.2, 0) is 4.79 Å². The summed E-state index contributed by atoms with van der Waals surface area (Å²) in [6, 6.07) is -0.338. The van der Waals surface area contributed by atoms with Crippen molar-refractivity contribution in [1.82, 2.24) is 5.06 Å². The highest BCUT2D eigenvalue weighted by Crippen LogP contribution is 2.09. The first kappa shape index (κ1) is 10.6. The highest BCUT2D eigenvalue weighted by Gasteiger charge is 2.18. The van der Waals surface area contributed by atoms with Gasteiger partial charge in [0.05, 0.1) is 6.04 Å². The van der Waals surface area contributed by atoms with Crippen LogP contribution in [0.25, 0.3) is 0 Å². The largest absolute Gasteiger partial charge is 0.314 e. The minimum atomic E-state index is -0.338. The van der Waals surface area contributed by atoms with Gasteiger partial charge in [-0.05, 0) is 19.3 Å². The quantitative estimate of drug-likeness (QED) is 0.629. The Balaban J connectivity index is 4.01. The summed E-state index contributed by atoms with van der Waals surface area (Å²) >= 11 is 0. The maximum atomic E-state index is 10.9. The lowest BCUT2D eigenvalue weighted by atomic mass is 10.0. The molecule has 0 aliphatic carbocycles. The summed E-state index contributed by atoms with van der Waals surface area (Å²) in [5.74, 6) is 0.446. The maximum absolute atomic E-state index is 10.9. The Morgan fingerprint density at radius 2 is 2.00 bits per heavy atom. The smallest absolute Gasteiger partial charge is 0.149 e. The van der Waals surface area contributed by atoms with Gasteiger partial charge in [-0.2, -0.15) is 5.06 Å². The van der Waals surface area contributed by atoms with Crippen LogP contribution in [0.1, 0.15) is 27.2 Å². The van der Waals surface area contributed by atoms with Crippen molar-refractivity contribution in [3.05, 3.63) is 0 Å². The molecule has 0 spiro atoms. The molecule has 0 rings (SSSR count). The molecule has 0 aromatic carbocycles. The molecule has 0 heterocycles. The molecule has 0 aromatic heterocycles. The van der Waals surface area contributed by atoms with E-state index in [0.717, 1.165) is 5.06 Å². The Hall–Kier alpha value is -0.410. The number of rotatable bonds is 4. The van der Waals surface area contributed by atoms with Crippen molar-refractivity contribution in [2.24, 2.45) is 5.92 Å². The molecular formula is C8H17NO2. The molecule has 0 bridgehead atoms. The Kier molecular flexibility index (Phi) is 4.30. The third kappa shape index (κ3) is 4.11. The number of Topliss-reactive ketones (excluding diaryl/α,β-unsaturated/α-hetero) is 1. The molecule has 1 N–H and O–H groups in total. The van der Waals surface area contributed by atoms with E-state index in [1.807, 2.05) is 13.8 Å². The second-order valence-corrected chi connectivity index (χ2v) is 3.33. The fraction of sp³-hybridized carbons (Fsp3) is 0.875. The topological polar surface area (TPSA) is 40.5 Å².